The Hall–Kier alpha value is -5.68. The number of phenolic OH excluding ortho intramolecular Hbond substituents is 4. The molecule has 2 amide bonds. The molecule has 6 rings (SSSR count). The van der Waals surface area contributed by atoms with Crippen LogP contribution in [0.15, 0.2) is 150 Å². The zero-order valence-electron chi connectivity index (χ0n) is 34.0. The summed E-state index contributed by atoms with van der Waals surface area (Å²) < 4.78 is 1.67. The molecule has 0 fully saturated rings. The standard InChI is InChI=1S/C48H42Br4N4O8/c49-37-21-29(11-13-43(37)57)15-17-53-47(61)41(55-63-27-31-7-3-1-4-8-31)25-33-19-35(45(59)39(51)23-33)36-20-34(24-40(52)46(36)60)26-42(56-64-28-32-9-5-2-6-10-32)48(62)54-18-16-30-12-14-44(58)38(50)22-30/h1-14,19-24,57-60H,15-18,25-28H2,(H,53,61)(H,54,62)/b55-41+,56-42+. The van der Waals surface area contributed by atoms with Gasteiger partial charge in [0, 0.05) is 37.1 Å². The molecule has 330 valence electrons. The minimum absolute atomic E-state index is 0.0181. The highest BCUT2D eigenvalue weighted by atomic mass is 79.9. The van der Waals surface area contributed by atoms with Gasteiger partial charge in [-0.05, 0) is 158 Å². The van der Waals surface area contributed by atoms with Crippen LogP contribution >= 0.6 is 63.7 Å². The van der Waals surface area contributed by atoms with Gasteiger partial charge in [0.05, 0.1) is 17.9 Å². The minimum Gasteiger partial charge on any atom is -0.507 e. The average Bonchev–Trinajstić information content (AvgIpc) is 3.28. The van der Waals surface area contributed by atoms with E-state index in [-0.39, 0.29) is 84.7 Å². The van der Waals surface area contributed by atoms with Gasteiger partial charge in [-0.2, -0.15) is 0 Å². The molecule has 0 saturated carbocycles. The Morgan fingerprint density at radius 2 is 0.844 bits per heavy atom. The molecule has 0 aliphatic heterocycles. The minimum atomic E-state index is -0.472. The summed E-state index contributed by atoms with van der Waals surface area (Å²) in [6.45, 7) is 0.776. The summed E-state index contributed by atoms with van der Waals surface area (Å²) in [4.78, 5) is 38.7. The summed E-state index contributed by atoms with van der Waals surface area (Å²) in [5, 5.41) is 56.9. The quantitative estimate of drug-likeness (QED) is 0.0342. The number of aromatic hydroxyl groups is 4. The topological polar surface area (TPSA) is 182 Å². The highest BCUT2D eigenvalue weighted by Gasteiger charge is 2.22. The van der Waals surface area contributed by atoms with Crippen LogP contribution in [0, 0.1) is 0 Å². The van der Waals surface area contributed by atoms with E-state index in [0.717, 1.165) is 22.3 Å². The predicted molar refractivity (Wildman–Crippen MR) is 260 cm³/mol. The van der Waals surface area contributed by atoms with Gasteiger partial charge in [-0.3, -0.25) is 9.59 Å². The second-order valence-electron chi connectivity index (χ2n) is 14.5. The van der Waals surface area contributed by atoms with Gasteiger partial charge in [-0.15, -0.1) is 0 Å². The molecule has 0 atom stereocenters. The second-order valence-corrected chi connectivity index (χ2v) is 17.9. The van der Waals surface area contributed by atoms with Crippen LogP contribution in [0.3, 0.4) is 0 Å². The van der Waals surface area contributed by atoms with Crippen molar-refractivity contribution in [1.29, 1.82) is 0 Å². The maximum Gasteiger partial charge on any atom is 0.269 e. The number of carbonyl (C=O) groups is 2. The van der Waals surface area contributed by atoms with Crippen LogP contribution in [0.25, 0.3) is 11.1 Å². The predicted octanol–water partition coefficient (Wildman–Crippen LogP) is 10.2. The first-order valence-corrected chi connectivity index (χ1v) is 23.0. The summed E-state index contributed by atoms with van der Waals surface area (Å²) in [6.07, 6.45) is 0.923. The number of benzene rings is 6. The summed E-state index contributed by atoms with van der Waals surface area (Å²) in [5.41, 5.74) is 5.19. The number of halogens is 4. The first kappa shape index (κ1) is 47.8. The van der Waals surface area contributed by atoms with Crippen molar-refractivity contribution < 1.29 is 39.7 Å². The van der Waals surface area contributed by atoms with Gasteiger partial charge >= 0.3 is 0 Å². The first-order valence-electron chi connectivity index (χ1n) is 19.8. The summed E-state index contributed by atoms with van der Waals surface area (Å²) in [5.74, 6) is -1.07. The average molecular weight is 1120 g/mol. The monoisotopic (exact) mass is 1120 g/mol. The van der Waals surface area contributed by atoms with E-state index in [4.69, 9.17) is 9.68 Å². The molecule has 0 radical (unpaired) electrons. The molecule has 6 aromatic carbocycles. The number of nitrogens with zero attached hydrogens (tertiary/aromatic N) is 2. The van der Waals surface area contributed by atoms with Crippen molar-refractivity contribution in [1.82, 2.24) is 10.6 Å². The van der Waals surface area contributed by atoms with E-state index in [0.29, 0.717) is 41.9 Å². The van der Waals surface area contributed by atoms with Crippen LogP contribution in [0.5, 0.6) is 23.0 Å². The van der Waals surface area contributed by atoms with Gasteiger partial charge < -0.3 is 40.7 Å². The van der Waals surface area contributed by atoms with Crippen molar-refractivity contribution >= 4 is 87.0 Å². The van der Waals surface area contributed by atoms with Crippen molar-refractivity contribution in [2.75, 3.05) is 13.1 Å². The number of oxime groups is 2. The fraction of sp³-hybridized carbons (Fsp3) is 0.167. The molecule has 0 bridgehead atoms. The lowest BCUT2D eigenvalue weighted by atomic mass is 9.95. The van der Waals surface area contributed by atoms with E-state index in [1.54, 1.807) is 60.7 Å². The Kier molecular flexibility index (Phi) is 17.4. The largest absolute Gasteiger partial charge is 0.507 e. The van der Waals surface area contributed by atoms with Crippen molar-refractivity contribution in [2.24, 2.45) is 10.3 Å². The number of hydrogen-bond acceptors (Lipinski definition) is 10. The van der Waals surface area contributed by atoms with Gasteiger partial charge in [0.1, 0.15) is 47.6 Å². The normalized spacial score (nSPS) is 11.6. The zero-order chi connectivity index (χ0) is 45.6. The molecular formula is C48H42Br4N4O8. The molecule has 0 saturated heterocycles. The van der Waals surface area contributed by atoms with Crippen LogP contribution in [0.4, 0.5) is 0 Å². The van der Waals surface area contributed by atoms with Crippen LogP contribution in [0.1, 0.15) is 33.4 Å². The summed E-state index contributed by atoms with van der Waals surface area (Å²) in [7, 11) is 0. The van der Waals surface area contributed by atoms with Crippen LogP contribution in [-0.4, -0.2) is 56.8 Å². The Labute approximate surface area is 403 Å². The van der Waals surface area contributed by atoms with E-state index in [1.165, 1.54) is 0 Å². The van der Waals surface area contributed by atoms with E-state index >= 15 is 0 Å². The number of phenols is 4. The number of rotatable bonds is 19. The molecule has 0 unspecified atom stereocenters. The molecule has 12 nitrogen and oxygen atoms in total. The van der Waals surface area contributed by atoms with Gasteiger partial charge in [0.2, 0.25) is 0 Å². The van der Waals surface area contributed by atoms with Gasteiger partial charge in [-0.1, -0.05) is 83.1 Å². The van der Waals surface area contributed by atoms with E-state index in [1.807, 2.05) is 60.7 Å². The van der Waals surface area contributed by atoms with Crippen LogP contribution < -0.4 is 10.6 Å². The molecule has 0 aliphatic rings. The molecule has 0 heterocycles. The van der Waals surface area contributed by atoms with Crippen LogP contribution in [-0.2, 0) is 58.2 Å². The Morgan fingerprint density at radius 1 is 0.469 bits per heavy atom. The number of hydrogen-bond donors (Lipinski definition) is 6. The van der Waals surface area contributed by atoms with Gasteiger partial charge in [0.15, 0.2) is 0 Å². The lowest BCUT2D eigenvalue weighted by molar-refractivity contribution is -0.115. The molecule has 64 heavy (non-hydrogen) atoms. The Morgan fingerprint density at radius 3 is 1.22 bits per heavy atom. The highest BCUT2D eigenvalue weighted by Crippen LogP contribution is 2.44. The maximum atomic E-state index is 13.7. The smallest absolute Gasteiger partial charge is 0.269 e. The van der Waals surface area contributed by atoms with E-state index in [9.17, 15) is 30.0 Å². The van der Waals surface area contributed by atoms with Crippen molar-refractivity contribution in [3.8, 4) is 34.1 Å². The van der Waals surface area contributed by atoms with Crippen molar-refractivity contribution in [2.45, 2.75) is 38.9 Å². The molecular weight excluding hydrogens is 1080 g/mol. The number of nitrogens with one attached hydrogen (secondary N) is 2. The lowest BCUT2D eigenvalue weighted by Crippen LogP contribution is -2.34. The molecule has 6 N–H and O–H groups in total. The molecule has 0 spiro atoms. The second kappa shape index (κ2) is 23.3. The van der Waals surface area contributed by atoms with E-state index in [2.05, 4.69) is 84.7 Å². The van der Waals surface area contributed by atoms with Gasteiger partial charge in [-0.25, -0.2) is 0 Å². The van der Waals surface area contributed by atoms with Gasteiger partial charge in [0.25, 0.3) is 11.8 Å². The van der Waals surface area contributed by atoms with Crippen molar-refractivity contribution in [3.05, 3.63) is 173 Å². The summed E-state index contributed by atoms with van der Waals surface area (Å²) >= 11 is 13.6. The first-order chi connectivity index (χ1) is 30.8. The SMILES string of the molecule is O=C(NCCc1ccc(O)c(Br)c1)/C(Cc1cc(Br)c(O)c(-c2cc(C/C(=N\OCc3ccccc3)C(=O)NCCc3ccc(O)c(Br)c3)cc(Br)c2O)c1)=N/OCc1ccccc1. The maximum absolute atomic E-state index is 13.7. The third-order valence-corrected chi connectivity index (χ3v) is 12.2. The van der Waals surface area contributed by atoms with Crippen molar-refractivity contribution in [3.63, 3.8) is 0 Å². The van der Waals surface area contributed by atoms with E-state index < -0.39 is 11.8 Å². The van der Waals surface area contributed by atoms with Crippen LogP contribution in [0.2, 0.25) is 0 Å². The Bertz CT molecular complexity index is 2480. The summed E-state index contributed by atoms with van der Waals surface area (Å²) in [6, 6.07) is 35.6. The fourth-order valence-electron chi connectivity index (χ4n) is 6.39. The highest BCUT2D eigenvalue weighted by molar-refractivity contribution is 9.11. The lowest BCUT2D eigenvalue weighted by Gasteiger charge is -2.15. The third kappa shape index (κ3) is 13.7. The zero-order valence-corrected chi connectivity index (χ0v) is 40.4. The molecule has 0 aliphatic carbocycles. The molecule has 0 aromatic heterocycles. The number of carbonyl (C=O) groups excluding carboxylic acids is 2. The number of amides is 2. The Balaban J connectivity index is 1.25. The fourth-order valence-corrected chi connectivity index (χ4v) is 8.26. The molecule has 16 heteroatoms. The molecule has 6 aromatic rings. The third-order valence-electron chi connectivity index (χ3n) is 9.72.